The minimum absolute atomic E-state index is 0.0179. The molecule has 1 aliphatic heterocycles. The van der Waals surface area contributed by atoms with Crippen LogP contribution in [0.4, 0.5) is 5.69 Å². The molecule has 68 valence electrons. The molecule has 0 radical (unpaired) electrons. The molecule has 0 saturated heterocycles. The van der Waals surface area contributed by atoms with E-state index in [0.29, 0.717) is 13.0 Å². The van der Waals surface area contributed by atoms with Gasteiger partial charge in [0.25, 0.3) is 0 Å². The smallest absolute Gasteiger partial charge is 0.227 e. The third-order valence-electron chi connectivity index (χ3n) is 2.06. The third-order valence-corrected chi connectivity index (χ3v) is 2.06. The largest absolute Gasteiger partial charge is 0.491 e. The number of para-hydroxylation sites is 1. The van der Waals surface area contributed by atoms with Gasteiger partial charge in [0.05, 0.1) is 18.7 Å². The molecule has 1 aromatic rings. The zero-order valence-electron chi connectivity index (χ0n) is 7.46. The van der Waals surface area contributed by atoms with Crippen LogP contribution in [0.3, 0.4) is 0 Å². The second-order valence-corrected chi connectivity index (χ2v) is 3.10. The highest BCUT2D eigenvalue weighted by Crippen LogP contribution is 2.30. The second kappa shape index (κ2) is 3.09. The normalized spacial score (nSPS) is 15.3. The summed E-state index contributed by atoms with van der Waals surface area (Å²) in [5, 5.41) is 2.80. The number of anilines is 1. The van der Waals surface area contributed by atoms with Crippen LogP contribution >= 0.6 is 0 Å². The molecule has 1 aromatic carbocycles. The predicted octanol–water partition coefficient (Wildman–Crippen LogP) is 1.72. The SMILES string of the molecule is Cc1cccc2c1OCCC(=O)N2. The fourth-order valence-corrected chi connectivity index (χ4v) is 1.40. The van der Waals surface area contributed by atoms with E-state index in [1.165, 1.54) is 0 Å². The Morgan fingerprint density at radius 2 is 2.31 bits per heavy atom. The van der Waals surface area contributed by atoms with Crippen molar-refractivity contribution >= 4 is 11.6 Å². The first kappa shape index (κ1) is 8.10. The Hall–Kier alpha value is -1.51. The van der Waals surface area contributed by atoms with E-state index in [1.807, 2.05) is 25.1 Å². The van der Waals surface area contributed by atoms with E-state index >= 15 is 0 Å². The van der Waals surface area contributed by atoms with E-state index < -0.39 is 0 Å². The fourth-order valence-electron chi connectivity index (χ4n) is 1.40. The molecule has 13 heavy (non-hydrogen) atoms. The van der Waals surface area contributed by atoms with Crippen LogP contribution in [-0.2, 0) is 4.79 Å². The van der Waals surface area contributed by atoms with Crippen molar-refractivity contribution in [2.45, 2.75) is 13.3 Å². The van der Waals surface area contributed by atoms with Gasteiger partial charge in [0.1, 0.15) is 5.75 Å². The van der Waals surface area contributed by atoms with Gasteiger partial charge in [0.2, 0.25) is 5.91 Å². The van der Waals surface area contributed by atoms with Crippen LogP contribution in [0.1, 0.15) is 12.0 Å². The summed E-state index contributed by atoms with van der Waals surface area (Å²) in [7, 11) is 0. The van der Waals surface area contributed by atoms with Crippen LogP contribution in [-0.4, -0.2) is 12.5 Å². The summed E-state index contributed by atoms with van der Waals surface area (Å²) in [4.78, 5) is 11.2. The third kappa shape index (κ3) is 1.49. The van der Waals surface area contributed by atoms with Gasteiger partial charge in [-0.05, 0) is 18.6 Å². The van der Waals surface area contributed by atoms with Crippen molar-refractivity contribution in [1.29, 1.82) is 0 Å². The number of aryl methyl sites for hydroxylation is 1. The summed E-state index contributed by atoms with van der Waals surface area (Å²) < 4.78 is 5.47. The molecule has 0 saturated carbocycles. The first-order valence-electron chi connectivity index (χ1n) is 4.29. The van der Waals surface area contributed by atoms with E-state index in [9.17, 15) is 4.79 Å². The number of carbonyl (C=O) groups excluding carboxylic acids is 1. The number of nitrogens with one attached hydrogen (secondary N) is 1. The van der Waals surface area contributed by atoms with Crippen molar-refractivity contribution in [2.24, 2.45) is 0 Å². The topological polar surface area (TPSA) is 38.3 Å². The van der Waals surface area contributed by atoms with Crippen molar-refractivity contribution in [2.75, 3.05) is 11.9 Å². The maximum absolute atomic E-state index is 11.2. The molecular formula is C10H11NO2. The van der Waals surface area contributed by atoms with Gasteiger partial charge >= 0.3 is 0 Å². The summed E-state index contributed by atoms with van der Waals surface area (Å²) in [5.74, 6) is 0.817. The molecule has 1 N–H and O–H groups in total. The standard InChI is InChI=1S/C10H11NO2/c1-7-3-2-4-8-10(7)13-6-5-9(12)11-8/h2-4H,5-6H2,1H3,(H,11,12). The molecule has 1 heterocycles. The van der Waals surface area contributed by atoms with Crippen LogP contribution in [0.25, 0.3) is 0 Å². The number of rotatable bonds is 0. The summed E-state index contributed by atoms with van der Waals surface area (Å²) in [6.07, 6.45) is 0.425. The summed E-state index contributed by atoms with van der Waals surface area (Å²) in [5.41, 5.74) is 1.84. The molecule has 2 rings (SSSR count). The van der Waals surface area contributed by atoms with Crippen molar-refractivity contribution in [3.8, 4) is 5.75 Å². The molecule has 0 spiro atoms. The lowest BCUT2D eigenvalue weighted by Crippen LogP contribution is -2.10. The van der Waals surface area contributed by atoms with E-state index in [-0.39, 0.29) is 5.91 Å². The zero-order valence-corrected chi connectivity index (χ0v) is 7.46. The molecule has 1 amide bonds. The molecule has 0 aromatic heterocycles. The first-order chi connectivity index (χ1) is 6.27. The highest BCUT2D eigenvalue weighted by atomic mass is 16.5. The monoisotopic (exact) mass is 177 g/mol. The Balaban J connectivity index is 2.45. The van der Waals surface area contributed by atoms with Crippen molar-refractivity contribution < 1.29 is 9.53 Å². The van der Waals surface area contributed by atoms with Crippen LogP contribution < -0.4 is 10.1 Å². The molecule has 0 unspecified atom stereocenters. The summed E-state index contributed by atoms with van der Waals surface area (Å²) in [6, 6.07) is 5.73. The number of fused-ring (bicyclic) bond motifs is 1. The zero-order chi connectivity index (χ0) is 9.26. The number of ether oxygens (including phenoxy) is 1. The fraction of sp³-hybridized carbons (Fsp3) is 0.300. The Morgan fingerprint density at radius 3 is 3.15 bits per heavy atom. The van der Waals surface area contributed by atoms with Gasteiger partial charge in [-0.1, -0.05) is 12.1 Å². The Morgan fingerprint density at radius 1 is 1.46 bits per heavy atom. The number of amides is 1. The highest BCUT2D eigenvalue weighted by Gasteiger charge is 2.14. The molecule has 0 fully saturated rings. The molecule has 1 aliphatic rings. The molecule has 3 heteroatoms. The van der Waals surface area contributed by atoms with Gasteiger partial charge in [-0.3, -0.25) is 4.79 Å². The Kier molecular flexibility index (Phi) is 1.93. The van der Waals surface area contributed by atoms with Crippen LogP contribution in [0.5, 0.6) is 5.75 Å². The molecular weight excluding hydrogens is 166 g/mol. The van der Waals surface area contributed by atoms with Crippen LogP contribution in [0.2, 0.25) is 0 Å². The lowest BCUT2D eigenvalue weighted by molar-refractivity contribution is -0.116. The van der Waals surface area contributed by atoms with E-state index in [1.54, 1.807) is 0 Å². The van der Waals surface area contributed by atoms with E-state index in [2.05, 4.69) is 5.32 Å². The summed E-state index contributed by atoms with van der Waals surface area (Å²) >= 11 is 0. The van der Waals surface area contributed by atoms with E-state index in [4.69, 9.17) is 4.74 Å². The summed E-state index contributed by atoms with van der Waals surface area (Å²) in [6.45, 7) is 2.43. The van der Waals surface area contributed by atoms with Gasteiger partial charge in [-0.15, -0.1) is 0 Å². The number of benzene rings is 1. The van der Waals surface area contributed by atoms with E-state index in [0.717, 1.165) is 17.0 Å². The van der Waals surface area contributed by atoms with Gasteiger partial charge in [0.15, 0.2) is 0 Å². The molecule has 3 nitrogen and oxygen atoms in total. The minimum Gasteiger partial charge on any atom is -0.491 e. The van der Waals surface area contributed by atoms with Crippen molar-refractivity contribution in [3.63, 3.8) is 0 Å². The maximum Gasteiger partial charge on any atom is 0.227 e. The molecule has 0 bridgehead atoms. The highest BCUT2D eigenvalue weighted by molar-refractivity contribution is 5.93. The molecule has 0 atom stereocenters. The van der Waals surface area contributed by atoms with Crippen molar-refractivity contribution in [3.05, 3.63) is 23.8 Å². The average Bonchev–Trinajstić information content (AvgIpc) is 2.27. The minimum atomic E-state index is 0.0179. The van der Waals surface area contributed by atoms with Gasteiger partial charge in [-0.2, -0.15) is 0 Å². The van der Waals surface area contributed by atoms with Gasteiger partial charge in [0, 0.05) is 0 Å². The van der Waals surface area contributed by atoms with Crippen LogP contribution in [0, 0.1) is 6.92 Å². The lowest BCUT2D eigenvalue weighted by atomic mass is 10.2. The molecule has 0 aliphatic carbocycles. The number of hydrogen-bond donors (Lipinski definition) is 1. The first-order valence-corrected chi connectivity index (χ1v) is 4.29. The Labute approximate surface area is 76.7 Å². The second-order valence-electron chi connectivity index (χ2n) is 3.10. The van der Waals surface area contributed by atoms with Gasteiger partial charge < -0.3 is 10.1 Å². The average molecular weight is 177 g/mol. The Bertz CT molecular complexity index is 347. The van der Waals surface area contributed by atoms with Crippen LogP contribution in [0.15, 0.2) is 18.2 Å². The van der Waals surface area contributed by atoms with Crippen molar-refractivity contribution in [1.82, 2.24) is 0 Å². The predicted molar refractivity (Wildman–Crippen MR) is 49.9 cm³/mol. The maximum atomic E-state index is 11.2. The van der Waals surface area contributed by atoms with Gasteiger partial charge in [-0.25, -0.2) is 0 Å². The number of hydrogen-bond acceptors (Lipinski definition) is 2. The lowest BCUT2D eigenvalue weighted by Gasteiger charge is -2.08. The number of carbonyl (C=O) groups is 1. The quantitative estimate of drug-likeness (QED) is 0.655.